The molecule has 0 unspecified atom stereocenters. The molecule has 2 N–H and O–H groups in total. The van der Waals surface area contributed by atoms with E-state index in [4.69, 9.17) is 17.3 Å². The Hall–Kier alpha value is -1.56. The topological polar surface area (TPSA) is 64.2 Å². The Kier molecular flexibility index (Phi) is 5.11. The second-order valence-electron chi connectivity index (χ2n) is 5.34. The van der Waals surface area contributed by atoms with Crippen molar-refractivity contribution in [3.8, 4) is 11.3 Å². The molecule has 2 heterocycles. The number of rotatable bonds is 2. The molecule has 1 aliphatic heterocycles. The van der Waals surface area contributed by atoms with E-state index in [1.165, 1.54) is 0 Å². The van der Waals surface area contributed by atoms with E-state index < -0.39 is 0 Å². The number of halogens is 2. The molecule has 3 rings (SSSR count). The van der Waals surface area contributed by atoms with E-state index in [0.29, 0.717) is 29.4 Å². The molecule has 7 heteroatoms. The van der Waals surface area contributed by atoms with Crippen molar-refractivity contribution in [3.05, 3.63) is 41.0 Å². The lowest BCUT2D eigenvalue weighted by molar-refractivity contribution is 0.0791. The molecular weight excluding hydrogens is 323 g/mol. The molecule has 5 nitrogen and oxygen atoms in total. The third-order valence-corrected chi connectivity index (χ3v) is 4.03. The molecular formula is C15H18Cl2N4O. The molecule has 1 aromatic carbocycles. The fourth-order valence-corrected chi connectivity index (χ4v) is 2.86. The lowest BCUT2D eigenvalue weighted by atomic mass is 10.1. The Morgan fingerprint density at radius 1 is 1.41 bits per heavy atom. The first-order chi connectivity index (χ1) is 10.1. The van der Waals surface area contributed by atoms with Gasteiger partial charge in [-0.05, 0) is 12.5 Å². The largest absolute Gasteiger partial charge is 0.337 e. The molecule has 0 aliphatic carbocycles. The lowest BCUT2D eigenvalue weighted by Gasteiger charge is -2.15. The summed E-state index contributed by atoms with van der Waals surface area (Å²) in [6, 6.07) is 7.48. The zero-order valence-electron chi connectivity index (χ0n) is 12.2. The predicted molar refractivity (Wildman–Crippen MR) is 89.4 cm³/mol. The van der Waals surface area contributed by atoms with E-state index in [-0.39, 0.29) is 24.4 Å². The monoisotopic (exact) mass is 340 g/mol. The van der Waals surface area contributed by atoms with E-state index in [1.807, 2.05) is 18.2 Å². The number of hydrogen-bond acceptors (Lipinski definition) is 3. The summed E-state index contributed by atoms with van der Waals surface area (Å²) in [6.07, 6.45) is 2.58. The van der Waals surface area contributed by atoms with Gasteiger partial charge in [-0.3, -0.25) is 9.48 Å². The second-order valence-corrected chi connectivity index (χ2v) is 5.75. The zero-order valence-corrected chi connectivity index (χ0v) is 13.8. The number of likely N-dealkylation sites (tertiary alicyclic amines) is 1. The fourth-order valence-electron chi connectivity index (χ4n) is 2.64. The third-order valence-electron chi connectivity index (χ3n) is 3.70. The van der Waals surface area contributed by atoms with Crippen LogP contribution in [-0.2, 0) is 7.05 Å². The highest BCUT2D eigenvalue weighted by atomic mass is 35.5. The van der Waals surface area contributed by atoms with Gasteiger partial charge in [-0.25, -0.2) is 0 Å². The van der Waals surface area contributed by atoms with Gasteiger partial charge in [0.1, 0.15) is 5.69 Å². The maximum atomic E-state index is 12.7. The summed E-state index contributed by atoms with van der Waals surface area (Å²) in [5.74, 6) is -0.0361. The Morgan fingerprint density at radius 2 is 2.14 bits per heavy atom. The van der Waals surface area contributed by atoms with Crippen LogP contribution in [0.5, 0.6) is 0 Å². The zero-order chi connectivity index (χ0) is 15.0. The standard InChI is InChI=1S/C15H17ClN4O.ClH/c1-19-9-12(15(21)20-7-6-10(17)8-20)14(18-19)11-4-2-3-5-13(11)16;/h2-5,9-10H,6-8,17H2,1H3;1H/t10-;/m1./s1. The fraction of sp³-hybridized carbons (Fsp3) is 0.333. The van der Waals surface area contributed by atoms with Crippen molar-refractivity contribution >= 4 is 29.9 Å². The predicted octanol–water partition coefficient (Wildman–Crippen LogP) is 2.34. The number of aryl methyl sites for hydroxylation is 1. The Morgan fingerprint density at radius 3 is 2.77 bits per heavy atom. The van der Waals surface area contributed by atoms with Gasteiger partial charge in [0, 0.05) is 37.9 Å². The van der Waals surface area contributed by atoms with Crippen molar-refractivity contribution in [2.45, 2.75) is 12.5 Å². The molecule has 0 spiro atoms. The van der Waals surface area contributed by atoms with Gasteiger partial charge in [-0.2, -0.15) is 5.10 Å². The van der Waals surface area contributed by atoms with E-state index in [0.717, 1.165) is 12.0 Å². The quantitative estimate of drug-likeness (QED) is 0.912. The van der Waals surface area contributed by atoms with Crippen LogP contribution in [0.4, 0.5) is 0 Å². The highest BCUT2D eigenvalue weighted by Gasteiger charge is 2.28. The number of nitrogens with zero attached hydrogens (tertiary/aromatic N) is 3. The summed E-state index contributed by atoms with van der Waals surface area (Å²) in [7, 11) is 1.80. The van der Waals surface area contributed by atoms with Gasteiger partial charge < -0.3 is 10.6 Å². The Labute approximate surface area is 140 Å². The summed E-state index contributed by atoms with van der Waals surface area (Å²) in [5, 5.41) is 4.99. The van der Waals surface area contributed by atoms with Crippen molar-refractivity contribution in [2.24, 2.45) is 12.8 Å². The van der Waals surface area contributed by atoms with Crippen molar-refractivity contribution in [3.63, 3.8) is 0 Å². The van der Waals surface area contributed by atoms with Crippen LogP contribution in [0.25, 0.3) is 11.3 Å². The molecule has 0 radical (unpaired) electrons. The van der Waals surface area contributed by atoms with Crippen LogP contribution in [0.1, 0.15) is 16.8 Å². The number of aromatic nitrogens is 2. The third kappa shape index (κ3) is 3.11. The van der Waals surface area contributed by atoms with Crippen molar-refractivity contribution in [1.29, 1.82) is 0 Å². The number of benzene rings is 1. The van der Waals surface area contributed by atoms with Crippen molar-refractivity contribution < 1.29 is 4.79 Å². The first-order valence-electron chi connectivity index (χ1n) is 6.89. The van der Waals surface area contributed by atoms with E-state index >= 15 is 0 Å². The summed E-state index contributed by atoms with van der Waals surface area (Å²) >= 11 is 6.23. The van der Waals surface area contributed by atoms with Crippen LogP contribution in [0.2, 0.25) is 5.02 Å². The van der Waals surface area contributed by atoms with Gasteiger partial charge in [0.15, 0.2) is 0 Å². The van der Waals surface area contributed by atoms with Crippen LogP contribution in [0.3, 0.4) is 0 Å². The van der Waals surface area contributed by atoms with Gasteiger partial charge in [0.2, 0.25) is 0 Å². The minimum Gasteiger partial charge on any atom is -0.337 e. The van der Waals surface area contributed by atoms with Gasteiger partial charge in [0.25, 0.3) is 5.91 Å². The first kappa shape index (κ1) is 16.8. The summed E-state index contributed by atoms with van der Waals surface area (Å²) in [5.41, 5.74) is 7.84. The second kappa shape index (κ2) is 6.69. The molecule has 22 heavy (non-hydrogen) atoms. The average molecular weight is 341 g/mol. The number of carbonyl (C=O) groups excluding carboxylic acids is 1. The van der Waals surface area contributed by atoms with Crippen LogP contribution in [0.15, 0.2) is 30.5 Å². The maximum Gasteiger partial charge on any atom is 0.257 e. The highest BCUT2D eigenvalue weighted by Crippen LogP contribution is 2.30. The van der Waals surface area contributed by atoms with Crippen LogP contribution >= 0.6 is 24.0 Å². The van der Waals surface area contributed by atoms with E-state index in [1.54, 1.807) is 28.9 Å². The average Bonchev–Trinajstić information content (AvgIpc) is 3.05. The molecule has 1 aromatic heterocycles. The summed E-state index contributed by atoms with van der Waals surface area (Å²) in [4.78, 5) is 14.5. The van der Waals surface area contributed by atoms with E-state index in [2.05, 4.69) is 5.10 Å². The van der Waals surface area contributed by atoms with Gasteiger partial charge in [-0.1, -0.05) is 29.8 Å². The lowest BCUT2D eigenvalue weighted by Crippen LogP contribution is -2.32. The molecule has 118 valence electrons. The normalized spacial score (nSPS) is 17.4. The number of amides is 1. The Bertz CT molecular complexity index is 686. The van der Waals surface area contributed by atoms with Crippen molar-refractivity contribution in [1.82, 2.24) is 14.7 Å². The highest BCUT2D eigenvalue weighted by molar-refractivity contribution is 6.33. The summed E-state index contributed by atoms with van der Waals surface area (Å²) in [6.45, 7) is 1.28. The van der Waals surface area contributed by atoms with Crippen LogP contribution < -0.4 is 5.73 Å². The molecule has 1 saturated heterocycles. The van der Waals surface area contributed by atoms with Crippen LogP contribution in [-0.4, -0.2) is 39.7 Å². The molecule has 0 bridgehead atoms. The van der Waals surface area contributed by atoms with Gasteiger partial charge in [-0.15, -0.1) is 12.4 Å². The Balaban J connectivity index is 0.00000176. The van der Waals surface area contributed by atoms with Crippen molar-refractivity contribution in [2.75, 3.05) is 13.1 Å². The molecule has 1 aliphatic rings. The molecule has 1 fully saturated rings. The molecule has 2 aromatic rings. The minimum atomic E-state index is -0.0361. The van der Waals surface area contributed by atoms with Gasteiger partial charge >= 0.3 is 0 Å². The van der Waals surface area contributed by atoms with E-state index in [9.17, 15) is 4.79 Å². The number of carbonyl (C=O) groups is 1. The smallest absolute Gasteiger partial charge is 0.257 e. The molecule has 1 atom stereocenters. The molecule has 1 amide bonds. The minimum absolute atomic E-state index is 0. The molecule has 0 saturated carbocycles. The number of nitrogens with two attached hydrogens (primary N) is 1. The van der Waals surface area contributed by atoms with Crippen LogP contribution in [0, 0.1) is 0 Å². The van der Waals surface area contributed by atoms with Gasteiger partial charge in [0.05, 0.1) is 10.6 Å². The first-order valence-corrected chi connectivity index (χ1v) is 7.27. The SMILES string of the molecule is Cl.Cn1cc(C(=O)N2CC[C@@H](N)C2)c(-c2ccccc2Cl)n1. The number of hydrogen-bond donors (Lipinski definition) is 1. The summed E-state index contributed by atoms with van der Waals surface area (Å²) < 4.78 is 1.64. The maximum absolute atomic E-state index is 12.7.